The molecule has 9 aromatic carbocycles. The first-order chi connectivity index (χ1) is 27.6. The molecule has 0 spiro atoms. The van der Waals surface area contributed by atoms with Gasteiger partial charge >= 0.3 is 0 Å². The molecule has 0 bridgehead atoms. The van der Waals surface area contributed by atoms with Crippen LogP contribution in [0.5, 0.6) is 0 Å². The van der Waals surface area contributed by atoms with E-state index in [4.69, 9.17) is 0 Å². The SMILES string of the molecule is CC1(C)c2ccccc2-c2ccc(N(c3cccc(-c4cccc5ccccc45)c3)c3cccc(-c4ccccc4)c3-c3ccccc3-c3ccccc3)cc21. The number of rotatable bonds is 7. The molecule has 0 N–H and O–H groups in total. The summed E-state index contributed by atoms with van der Waals surface area (Å²) in [5.74, 6) is 0. The van der Waals surface area contributed by atoms with Crippen molar-refractivity contribution in [3.63, 3.8) is 0 Å². The third-order valence-electron chi connectivity index (χ3n) is 11.7. The van der Waals surface area contributed by atoms with Gasteiger partial charge < -0.3 is 4.90 Å². The molecule has 0 saturated carbocycles. The molecular formula is C55H41N. The molecule has 0 aliphatic heterocycles. The first-order valence-electron chi connectivity index (χ1n) is 19.5. The topological polar surface area (TPSA) is 3.24 Å². The maximum Gasteiger partial charge on any atom is 0.0546 e. The molecule has 1 nitrogen and oxygen atoms in total. The van der Waals surface area contributed by atoms with E-state index in [1.165, 1.54) is 77.5 Å². The van der Waals surface area contributed by atoms with Crippen molar-refractivity contribution >= 4 is 27.8 Å². The molecule has 9 aromatic rings. The van der Waals surface area contributed by atoms with Gasteiger partial charge in [0.25, 0.3) is 0 Å². The number of benzene rings is 9. The van der Waals surface area contributed by atoms with Gasteiger partial charge in [-0.05, 0) is 102 Å². The highest BCUT2D eigenvalue weighted by Crippen LogP contribution is 2.53. The van der Waals surface area contributed by atoms with E-state index < -0.39 is 0 Å². The first kappa shape index (κ1) is 33.6. The van der Waals surface area contributed by atoms with Gasteiger partial charge in [-0.3, -0.25) is 0 Å². The van der Waals surface area contributed by atoms with Crippen molar-refractivity contribution in [3.05, 3.63) is 223 Å². The Morgan fingerprint density at radius 2 is 0.875 bits per heavy atom. The zero-order valence-electron chi connectivity index (χ0n) is 31.7. The van der Waals surface area contributed by atoms with Gasteiger partial charge in [-0.2, -0.15) is 0 Å². The second-order valence-electron chi connectivity index (χ2n) is 15.3. The molecule has 0 radical (unpaired) electrons. The lowest BCUT2D eigenvalue weighted by atomic mass is 9.82. The van der Waals surface area contributed by atoms with Crippen LogP contribution in [0.3, 0.4) is 0 Å². The van der Waals surface area contributed by atoms with Gasteiger partial charge in [-0.15, -0.1) is 0 Å². The second kappa shape index (κ2) is 13.7. The number of anilines is 3. The lowest BCUT2D eigenvalue weighted by Crippen LogP contribution is -2.17. The van der Waals surface area contributed by atoms with Gasteiger partial charge in [-0.1, -0.05) is 196 Å². The predicted octanol–water partition coefficient (Wildman–Crippen LogP) is 15.3. The minimum Gasteiger partial charge on any atom is -0.310 e. The molecular weight excluding hydrogens is 675 g/mol. The summed E-state index contributed by atoms with van der Waals surface area (Å²) in [5.41, 5.74) is 18.1. The van der Waals surface area contributed by atoms with Crippen LogP contribution in [0.15, 0.2) is 212 Å². The van der Waals surface area contributed by atoms with Gasteiger partial charge in [0.2, 0.25) is 0 Å². The van der Waals surface area contributed by atoms with Crippen LogP contribution >= 0.6 is 0 Å². The molecule has 0 heterocycles. The Labute approximate surface area is 329 Å². The smallest absolute Gasteiger partial charge is 0.0546 e. The normalized spacial score (nSPS) is 12.6. The fraction of sp³-hybridized carbons (Fsp3) is 0.0545. The first-order valence-corrected chi connectivity index (χ1v) is 19.5. The summed E-state index contributed by atoms with van der Waals surface area (Å²) in [6, 6.07) is 77.7. The predicted molar refractivity (Wildman–Crippen MR) is 238 cm³/mol. The fourth-order valence-corrected chi connectivity index (χ4v) is 8.99. The molecule has 1 aliphatic carbocycles. The Hall–Kier alpha value is -6.96. The van der Waals surface area contributed by atoms with E-state index in [1.54, 1.807) is 0 Å². The molecule has 56 heavy (non-hydrogen) atoms. The summed E-state index contributed by atoms with van der Waals surface area (Å²) in [6.07, 6.45) is 0. The van der Waals surface area contributed by atoms with Crippen molar-refractivity contribution in [3.8, 4) is 55.6 Å². The Bertz CT molecular complexity index is 2880. The van der Waals surface area contributed by atoms with Crippen molar-refractivity contribution in [2.24, 2.45) is 0 Å². The zero-order chi connectivity index (χ0) is 37.6. The van der Waals surface area contributed by atoms with Gasteiger partial charge in [0, 0.05) is 22.4 Å². The Kier molecular flexibility index (Phi) is 8.23. The van der Waals surface area contributed by atoms with Crippen LogP contribution < -0.4 is 4.90 Å². The molecule has 0 unspecified atom stereocenters. The number of fused-ring (bicyclic) bond motifs is 4. The zero-order valence-corrected chi connectivity index (χ0v) is 31.7. The third-order valence-corrected chi connectivity index (χ3v) is 11.7. The van der Waals surface area contributed by atoms with Crippen LogP contribution in [0.25, 0.3) is 66.4 Å². The maximum atomic E-state index is 2.50. The summed E-state index contributed by atoms with van der Waals surface area (Å²) >= 11 is 0. The largest absolute Gasteiger partial charge is 0.310 e. The maximum absolute atomic E-state index is 2.50. The molecule has 0 atom stereocenters. The summed E-state index contributed by atoms with van der Waals surface area (Å²) in [6.45, 7) is 4.73. The van der Waals surface area contributed by atoms with E-state index in [0.29, 0.717) is 0 Å². The highest BCUT2D eigenvalue weighted by atomic mass is 15.1. The molecule has 1 heteroatoms. The Morgan fingerprint density at radius 1 is 0.339 bits per heavy atom. The highest BCUT2D eigenvalue weighted by molar-refractivity contribution is 6.02. The number of nitrogens with zero attached hydrogens (tertiary/aromatic N) is 1. The van der Waals surface area contributed by atoms with Crippen LogP contribution in [0.4, 0.5) is 17.1 Å². The van der Waals surface area contributed by atoms with Gasteiger partial charge in [0.05, 0.1) is 5.69 Å². The number of hydrogen-bond donors (Lipinski definition) is 0. The molecule has 0 amide bonds. The van der Waals surface area contributed by atoms with Crippen molar-refractivity contribution in [1.29, 1.82) is 0 Å². The van der Waals surface area contributed by atoms with Crippen LogP contribution in [-0.2, 0) is 5.41 Å². The molecule has 1 aliphatic rings. The fourth-order valence-electron chi connectivity index (χ4n) is 8.99. The van der Waals surface area contributed by atoms with Gasteiger partial charge in [-0.25, -0.2) is 0 Å². The summed E-state index contributed by atoms with van der Waals surface area (Å²) < 4.78 is 0. The van der Waals surface area contributed by atoms with E-state index in [0.717, 1.165) is 17.1 Å². The summed E-state index contributed by atoms with van der Waals surface area (Å²) in [5, 5.41) is 2.49. The lowest BCUT2D eigenvalue weighted by Gasteiger charge is -2.31. The highest BCUT2D eigenvalue weighted by Gasteiger charge is 2.36. The number of hydrogen-bond acceptors (Lipinski definition) is 1. The molecule has 10 rings (SSSR count). The average molecular weight is 716 g/mol. The lowest BCUT2D eigenvalue weighted by molar-refractivity contribution is 0.660. The minimum absolute atomic E-state index is 0.146. The van der Waals surface area contributed by atoms with E-state index >= 15 is 0 Å². The van der Waals surface area contributed by atoms with E-state index in [1.807, 2.05) is 0 Å². The summed E-state index contributed by atoms with van der Waals surface area (Å²) in [4.78, 5) is 2.50. The van der Waals surface area contributed by atoms with Crippen LogP contribution in [0.1, 0.15) is 25.0 Å². The van der Waals surface area contributed by atoms with Crippen molar-refractivity contribution in [2.75, 3.05) is 4.90 Å². The average Bonchev–Trinajstić information content (AvgIpc) is 3.49. The molecule has 266 valence electrons. The van der Waals surface area contributed by atoms with Gasteiger partial charge in [0.15, 0.2) is 0 Å². The standard InChI is InChI=1S/C55H41N/c1-55(2)51-32-14-13-28-48(51)49-35-34-43(37-52(49)55)56(42-25-15-24-41(36-42)46-30-16-23-39-22-9-10-26-44(39)46)53-33-17-31-47(40-20-7-4-8-21-40)54(53)50-29-12-11-27-45(50)38-18-5-3-6-19-38/h3-37H,1-2H3. The van der Waals surface area contributed by atoms with Crippen molar-refractivity contribution in [2.45, 2.75) is 19.3 Å². The molecule has 0 saturated heterocycles. The Balaban J connectivity index is 1.27. The summed E-state index contributed by atoms with van der Waals surface area (Å²) in [7, 11) is 0. The minimum atomic E-state index is -0.146. The molecule has 0 fully saturated rings. The molecule has 0 aromatic heterocycles. The second-order valence-corrected chi connectivity index (χ2v) is 15.3. The van der Waals surface area contributed by atoms with Crippen LogP contribution in [0, 0.1) is 0 Å². The quantitative estimate of drug-likeness (QED) is 0.159. The van der Waals surface area contributed by atoms with Crippen molar-refractivity contribution in [1.82, 2.24) is 0 Å². The third kappa shape index (κ3) is 5.63. The monoisotopic (exact) mass is 715 g/mol. The van der Waals surface area contributed by atoms with E-state index in [9.17, 15) is 0 Å². The van der Waals surface area contributed by atoms with E-state index in [-0.39, 0.29) is 5.41 Å². The van der Waals surface area contributed by atoms with E-state index in [2.05, 4.69) is 231 Å². The van der Waals surface area contributed by atoms with Crippen molar-refractivity contribution < 1.29 is 0 Å². The van der Waals surface area contributed by atoms with Gasteiger partial charge in [0.1, 0.15) is 0 Å². The Morgan fingerprint density at radius 3 is 1.68 bits per heavy atom. The van der Waals surface area contributed by atoms with Crippen LogP contribution in [0.2, 0.25) is 0 Å². The van der Waals surface area contributed by atoms with Crippen LogP contribution in [-0.4, -0.2) is 0 Å².